The summed E-state index contributed by atoms with van der Waals surface area (Å²) in [5.41, 5.74) is 2.28. The summed E-state index contributed by atoms with van der Waals surface area (Å²) in [6, 6.07) is 6.00. The lowest BCUT2D eigenvalue weighted by Crippen LogP contribution is -2.54. The van der Waals surface area contributed by atoms with Crippen LogP contribution in [0.5, 0.6) is 0 Å². The number of hydrogen-bond donors (Lipinski definition) is 3. The third kappa shape index (κ3) is 11.3. The average molecular weight is 875 g/mol. The van der Waals surface area contributed by atoms with Gasteiger partial charge in [-0.05, 0) is 63.1 Å². The van der Waals surface area contributed by atoms with Crippen LogP contribution in [0.1, 0.15) is 84.2 Å². The highest BCUT2D eigenvalue weighted by molar-refractivity contribution is 6.25. The Morgan fingerprint density at radius 1 is 0.841 bits per heavy atom. The van der Waals surface area contributed by atoms with Gasteiger partial charge in [0.1, 0.15) is 18.3 Å². The Hall–Kier alpha value is -5.34. The van der Waals surface area contributed by atoms with Crippen molar-refractivity contribution < 1.29 is 47.7 Å². The van der Waals surface area contributed by atoms with Crippen LogP contribution in [0.3, 0.4) is 0 Å². The van der Waals surface area contributed by atoms with E-state index in [1.54, 1.807) is 24.4 Å². The molecule has 5 amide bonds. The molecule has 3 fully saturated rings. The molecule has 3 atom stereocenters. The van der Waals surface area contributed by atoms with Gasteiger partial charge in [0.2, 0.25) is 23.7 Å². The molecule has 1 aromatic carbocycles. The van der Waals surface area contributed by atoms with Crippen molar-refractivity contribution >= 4 is 52.2 Å². The molecule has 0 radical (unpaired) electrons. The fraction of sp³-hybridized carbons (Fsp3) is 0.591. The topological polar surface area (TPSA) is 222 Å². The highest BCUT2D eigenvalue weighted by atomic mass is 16.6. The molecule has 3 aromatic rings. The smallest absolute Gasteiger partial charge is 0.264 e. The molecule has 4 aliphatic rings. The zero-order valence-corrected chi connectivity index (χ0v) is 36.1. The van der Waals surface area contributed by atoms with Crippen molar-refractivity contribution in [3.63, 3.8) is 0 Å². The number of aryl methyl sites for hydroxylation is 1. The Balaban J connectivity index is 0.677. The second-order valence-corrected chi connectivity index (χ2v) is 16.4. The van der Waals surface area contributed by atoms with Crippen LogP contribution in [0.15, 0.2) is 35.3 Å². The van der Waals surface area contributed by atoms with Crippen LogP contribution >= 0.6 is 0 Å². The van der Waals surface area contributed by atoms with Gasteiger partial charge in [0.25, 0.3) is 17.4 Å². The minimum absolute atomic E-state index is 0.00907. The molecule has 7 rings (SSSR count). The molecule has 2 aromatic heterocycles. The van der Waals surface area contributed by atoms with Crippen LogP contribution in [0.25, 0.3) is 11.0 Å². The highest BCUT2D eigenvalue weighted by Crippen LogP contribution is 2.36. The van der Waals surface area contributed by atoms with Crippen LogP contribution < -0.4 is 21.5 Å². The van der Waals surface area contributed by atoms with Gasteiger partial charge in [0.05, 0.1) is 70.6 Å². The van der Waals surface area contributed by atoms with Gasteiger partial charge in [-0.15, -0.1) is 0 Å². The fourth-order valence-corrected chi connectivity index (χ4v) is 8.65. The third-order valence-corrected chi connectivity index (χ3v) is 12.0. The quantitative estimate of drug-likeness (QED) is 0.0975. The number of ether oxygens (including phenoxy) is 5. The minimum atomic E-state index is -1.02. The van der Waals surface area contributed by atoms with E-state index in [-0.39, 0.29) is 54.1 Å². The van der Waals surface area contributed by atoms with Crippen molar-refractivity contribution in [2.24, 2.45) is 5.92 Å². The predicted molar refractivity (Wildman–Crippen MR) is 230 cm³/mol. The van der Waals surface area contributed by atoms with Crippen molar-refractivity contribution in [3.8, 4) is 0 Å². The number of fused-ring (bicyclic) bond motifs is 2. The Labute approximate surface area is 365 Å². The van der Waals surface area contributed by atoms with Gasteiger partial charge in [-0.1, -0.05) is 19.4 Å². The predicted octanol–water partition coefficient (Wildman–Crippen LogP) is 2.46. The molecule has 63 heavy (non-hydrogen) atoms. The highest BCUT2D eigenvalue weighted by Gasteiger charge is 2.45. The number of pyridine rings is 1. The second kappa shape index (κ2) is 21.8. The van der Waals surface area contributed by atoms with Crippen LogP contribution in [0, 0.1) is 12.8 Å². The first kappa shape index (κ1) is 45.7. The van der Waals surface area contributed by atoms with Gasteiger partial charge in [-0.3, -0.25) is 43.6 Å². The number of hydrogen-bond acceptors (Lipinski definition) is 15. The van der Waals surface area contributed by atoms with E-state index in [2.05, 4.69) is 27.9 Å². The van der Waals surface area contributed by atoms with E-state index in [0.29, 0.717) is 108 Å². The number of nitrogens with one attached hydrogen (secondary N) is 3. The molecule has 19 nitrogen and oxygen atoms in total. The van der Waals surface area contributed by atoms with E-state index >= 15 is 0 Å². The van der Waals surface area contributed by atoms with E-state index in [9.17, 15) is 28.8 Å². The number of likely N-dealkylation sites (tertiary alicyclic amines) is 1. The van der Waals surface area contributed by atoms with Gasteiger partial charge in [0, 0.05) is 61.0 Å². The summed E-state index contributed by atoms with van der Waals surface area (Å²) < 4.78 is 29.7. The molecule has 0 spiro atoms. The Morgan fingerprint density at radius 3 is 2.19 bits per heavy atom. The minimum Gasteiger partial charge on any atom is -0.382 e. The van der Waals surface area contributed by atoms with Crippen LogP contribution in [0.2, 0.25) is 0 Å². The molecule has 2 saturated heterocycles. The van der Waals surface area contributed by atoms with Crippen molar-refractivity contribution in [2.45, 2.75) is 76.9 Å². The average Bonchev–Trinajstić information content (AvgIpc) is 3.81. The maximum atomic E-state index is 13.2. The normalized spacial score (nSPS) is 20.4. The Kier molecular flexibility index (Phi) is 15.8. The molecular weight excluding hydrogens is 817 g/mol. The Morgan fingerprint density at radius 2 is 1.52 bits per heavy atom. The summed E-state index contributed by atoms with van der Waals surface area (Å²) in [6.45, 7) is 8.83. The first-order valence-electron chi connectivity index (χ1n) is 22.0. The largest absolute Gasteiger partial charge is 0.382 e. The summed E-state index contributed by atoms with van der Waals surface area (Å²) in [6.07, 6.45) is 6.63. The van der Waals surface area contributed by atoms with Gasteiger partial charge in [0.15, 0.2) is 0 Å². The third-order valence-electron chi connectivity index (χ3n) is 12.0. The monoisotopic (exact) mass is 874 g/mol. The fourth-order valence-electron chi connectivity index (χ4n) is 8.65. The molecule has 340 valence electrons. The molecule has 0 bridgehead atoms. The van der Waals surface area contributed by atoms with Crippen molar-refractivity contribution in [1.82, 2.24) is 29.7 Å². The molecular formula is C44H58N8O11. The lowest BCUT2D eigenvalue weighted by atomic mass is 10.0. The number of anilines is 2. The first-order chi connectivity index (χ1) is 30.6. The van der Waals surface area contributed by atoms with Crippen molar-refractivity contribution in [3.05, 3.63) is 57.5 Å². The van der Waals surface area contributed by atoms with Gasteiger partial charge >= 0.3 is 0 Å². The number of carbonyl (C=O) groups is 5. The molecule has 1 unspecified atom stereocenters. The van der Waals surface area contributed by atoms with Crippen molar-refractivity contribution in [1.29, 1.82) is 0 Å². The number of amides is 5. The first-order valence-corrected chi connectivity index (χ1v) is 22.0. The molecule has 1 saturated carbocycles. The number of piperidine rings is 2. The lowest BCUT2D eigenvalue weighted by molar-refractivity contribution is -0.138. The second-order valence-electron chi connectivity index (χ2n) is 16.4. The SMILES string of the molecule is Cc1cc2cnc(NC3CCN(C(=O)COCCOCCOCCOCCOCCNc4cccc5c4C(=O)N(C4CCC(=O)NC4=O)C5=O)CC3)nc2n([C@@H]2CCC[C@@H]2C)c1=O. The van der Waals surface area contributed by atoms with E-state index in [1.165, 1.54) is 0 Å². The summed E-state index contributed by atoms with van der Waals surface area (Å²) in [7, 11) is 0. The molecule has 3 N–H and O–H groups in total. The number of carbonyl (C=O) groups excluding carboxylic acids is 5. The van der Waals surface area contributed by atoms with Gasteiger partial charge < -0.3 is 39.2 Å². The van der Waals surface area contributed by atoms with Crippen LogP contribution in [-0.2, 0) is 38.1 Å². The summed E-state index contributed by atoms with van der Waals surface area (Å²) >= 11 is 0. The molecule has 19 heteroatoms. The van der Waals surface area contributed by atoms with Crippen molar-refractivity contribution in [2.75, 3.05) is 96.3 Å². The van der Waals surface area contributed by atoms with Gasteiger partial charge in [-0.25, -0.2) is 4.98 Å². The maximum absolute atomic E-state index is 13.2. The molecule has 3 aliphatic heterocycles. The number of imide groups is 2. The Bertz CT molecular complexity index is 2190. The van der Waals surface area contributed by atoms with Crippen LogP contribution in [-0.4, -0.2) is 152 Å². The molecule has 5 heterocycles. The van der Waals surface area contributed by atoms with E-state index < -0.39 is 29.7 Å². The zero-order valence-electron chi connectivity index (χ0n) is 36.1. The summed E-state index contributed by atoms with van der Waals surface area (Å²) in [5.74, 6) is -1.33. The number of benzene rings is 1. The van der Waals surface area contributed by atoms with E-state index in [4.69, 9.17) is 28.7 Å². The van der Waals surface area contributed by atoms with E-state index in [0.717, 1.165) is 42.4 Å². The van der Waals surface area contributed by atoms with Gasteiger partial charge in [-0.2, -0.15) is 4.98 Å². The lowest BCUT2D eigenvalue weighted by Gasteiger charge is -2.32. The number of nitrogens with zero attached hydrogens (tertiary/aromatic N) is 5. The summed E-state index contributed by atoms with van der Waals surface area (Å²) in [5, 5.41) is 9.64. The van der Waals surface area contributed by atoms with E-state index in [1.807, 2.05) is 22.5 Å². The summed E-state index contributed by atoms with van der Waals surface area (Å²) in [4.78, 5) is 88.2. The maximum Gasteiger partial charge on any atom is 0.264 e. The standard InChI is InChI=1S/C44H58N8O11/c1-28-5-3-8-34(28)51-39-30(25-29(2)41(51)56)26-46-44(49-39)47-31-11-14-50(15-12-31)37(54)27-63-24-23-62-22-21-61-20-19-60-18-17-59-16-13-45-33-7-4-6-32-38(33)43(58)52(42(32)57)35-9-10-36(53)48-40(35)55/h4,6-7,25-26,28,31,34-35,45H,3,5,8-24,27H2,1-2H3,(H,46,47,49)(H,48,53,55)/t28-,34+,35?/m0/s1. The molecule has 1 aliphatic carbocycles. The zero-order chi connectivity index (χ0) is 44.3. The number of aromatic nitrogens is 3. The number of rotatable bonds is 22. The van der Waals surface area contributed by atoms with Crippen LogP contribution in [0.4, 0.5) is 11.6 Å².